The molecular formula is C14H23NS. The average Bonchev–Trinajstić information content (AvgIpc) is 3.00. The minimum atomic E-state index is 0.639. The SMILES string of the molecule is CCC(CC)CNC(c1cccs1)C1CC1. The maximum atomic E-state index is 3.80. The summed E-state index contributed by atoms with van der Waals surface area (Å²) in [6.45, 7) is 5.78. The zero-order valence-corrected chi connectivity index (χ0v) is 11.2. The van der Waals surface area contributed by atoms with Gasteiger partial charge < -0.3 is 5.32 Å². The fourth-order valence-electron chi connectivity index (χ4n) is 2.27. The minimum absolute atomic E-state index is 0.639. The van der Waals surface area contributed by atoms with Crippen molar-refractivity contribution in [3.05, 3.63) is 22.4 Å². The van der Waals surface area contributed by atoms with Crippen LogP contribution in [0.3, 0.4) is 0 Å². The lowest BCUT2D eigenvalue weighted by atomic mass is 10.0. The Morgan fingerprint density at radius 3 is 2.62 bits per heavy atom. The zero-order chi connectivity index (χ0) is 11.4. The quantitative estimate of drug-likeness (QED) is 0.748. The summed E-state index contributed by atoms with van der Waals surface area (Å²) in [6.07, 6.45) is 5.42. The standard InChI is InChI=1S/C14H23NS/c1-3-11(4-2)10-15-14(12-7-8-12)13-6-5-9-16-13/h5-6,9,11-12,14-15H,3-4,7-8,10H2,1-2H3. The van der Waals surface area contributed by atoms with Gasteiger partial charge in [0.2, 0.25) is 0 Å². The average molecular weight is 237 g/mol. The first-order valence-corrected chi connectivity index (χ1v) is 7.49. The van der Waals surface area contributed by atoms with Crippen LogP contribution in [0, 0.1) is 11.8 Å². The van der Waals surface area contributed by atoms with Gasteiger partial charge in [0.25, 0.3) is 0 Å². The van der Waals surface area contributed by atoms with Crippen LogP contribution in [0.15, 0.2) is 17.5 Å². The van der Waals surface area contributed by atoms with Gasteiger partial charge in [0.05, 0.1) is 0 Å². The van der Waals surface area contributed by atoms with Crippen molar-refractivity contribution < 1.29 is 0 Å². The zero-order valence-electron chi connectivity index (χ0n) is 10.4. The third-order valence-electron chi connectivity index (χ3n) is 3.72. The number of hydrogen-bond acceptors (Lipinski definition) is 2. The van der Waals surface area contributed by atoms with Gasteiger partial charge in [-0.3, -0.25) is 0 Å². The van der Waals surface area contributed by atoms with E-state index in [1.165, 1.54) is 37.1 Å². The molecule has 1 unspecified atom stereocenters. The van der Waals surface area contributed by atoms with E-state index in [4.69, 9.17) is 0 Å². The summed E-state index contributed by atoms with van der Waals surface area (Å²) in [5.41, 5.74) is 0. The summed E-state index contributed by atoms with van der Waals surface area (Å²) in [5.74, 6) is 1.76. The van der Waals surface area contributed by atoms with Gasteiger partial charge in [0, 0.05) is 10.9 Å². The highest BCUT2D eigenvalue weighted by Crippen LogP contribution is 2.42. The molecule has 16 heavy (non-hydrogen) atoms. The molecule has 0 aromatic carbocycles. The van der Waals surface area contributed by atoms with E-state index in [-0.39, 0.29) is 0 Å². The molecule has 0 aliphatic heterocycles. The third kappa shape index (κ3) is 3.08. The van der Waals surface area contributed by atoms with Crippen LogP contribution in [0.4, 0.5) is 0 Å². The largest absolute Gasteiger partial charge is 0.309 e. The molecule has 1 aromatic rings. The Morgan fingerprint density at radius 1 is 1.38 bits per heavy atom. The fraction of sp³-hybridized carbons (Fsp3) is 0.714. The predicted molar refractivity (Wildman–Crippen MR) is 71.9 cm³/mol. The van der Waals surface area contributed by atoms with Crippen molar-refractivity contribution in [1.82, 2.24) is 5.32 Å². The summed E-state index contributed by atoms with van der Waals surface area (Å²) in [6, 6.07) is 5.10. The number of rotatable bonds is 7. The topological polar surface area (TPSA) is 12.0 Å². The summed E-state index contributed by atoms with van der Waals surface area (Å²) in [5, 5.41) is 5.99. The first-order valence-electron chi connectivity index (χ1n) is 6.61. The van der Waals surface area contributed by atoms with E-state index < -0.39 is 0 Å². The second kappa shape index (κ2) is 5.83. The molecule has 0 saturated heterocycles. The summed E-state index contributed by atoms with van der Waals surface area (Å²) in [7, 11) is 0. The summed E-state index contributed by atoms with van der Waals surface area (Å²) < 4.78 is 0. The number of nitrogens with one attached hydrogen (secondary N) is 1. The van der Waals surface area contributed by atoms with E-state index in [0.29, 0.717) is 6.04 Å². The molecule has 0 bridgehead atoms. The van der Waals surface area contributed by atoms with Crippen LogP contribution in [0.1, 0.15) is 50.4 Å². The first kappa shape index (κ1) is 12.1. The highest BCUT2D eigenvalue weighted by atomic mass is 32.1. The number of hydrogen-bond donors (Lipinski definition) is 1. The van der Waals surface area contributed by atoms with Crippen LogP contribution in [0.25, 0.3) is 0 Å². The molecular weight excluding hydrogens is 214 g/mol. The van der Waals surface area contributed by atoms with Crippen molar-refractivity contribution >= 4 is 11.3 Å². The molecule has 1 saturated carbocycles. The molecule has 1 aliphatic rings. The van der Waals surface area contributed by atoms with Crippen molar-refractivity contribution in [1.29, 1.82) is 0 Å². The highest BCUT2D eigenvalue weighted by molar-refractivity contribution is 7.10. The fourth-order valence-corrected chi connectivity index (χ4v) is 3.16. The second-order valence-electron chi connectivity index (χ2n) is 4.92. The van der Waals surface area contributed by atoms with Gasteiger partial charge in [-0.2, -0.15) is 0 Å². The smallest absolute Gasteiger partial charge is 0.0443 e. The molecule has 1 heterocycles. The molecule has 1 atom stereocenters. The van der Waals surface area contributed by atoms with Crippen LogP contribution in [-0.2, 0) is 0 Å². The van der Waals surface area contributed by atoms with Gasteiger partial charge in [-0.05, 0) is 42.7 Å². The van der Waals surface area contributed by atoms with Crippen molar-refractivity contribution in [3.63, 3.8) is 0 Å². The summed E-state index contributed by atoms with van der Waals surface area (Å²) >= 11 is 1.90. The van der Waals surface area contributed by atoms with E-state index in [1.54, 1.807) is 0 Å². The molecule has 1 fully saturated rings. The van der Waals surface area contributed by atoms with Crippen molar-refractivity contribution in [2.24, 2.45) is 11.8 Å². The molecule has 0 spiro atoms. The van der Waals surface area contributed by atoms with Crippen LogP contribution < -0.4 is 5.32 Å². The molecule has 1 N–H and O–H groups in total. The van der Waals surface area contributed by atoms with Crippen LogP contribution >= 0.6 is 11.3 Å². The molecule has 1 aliphatic carbocycles. The molecule has 2 rings (SSSR count). The van der Waals surface area contributed by atoms with Gasteiger partial charge in [0.1, 0.15) is 0 Å². The van der Waals surface area contributed by atoms with E-state index in [2.05, 4.69) is 36.7 Å². The minimum Gasteiger partial charge on any atom is -0.309 e. The van der Waals surface area contributed by atoms with Gasteiger partial charge >= 0.3 is 0 Å². The van der Waals surface area contributed by atoms with Gasteiger partial charge in [-0.1, -0.05) is 32.8 Å². The maximum Gasteiger partial charge on any atom is 0.0443 e. The van der Waals surface area contributed by atoms with Crippen LogP contribution in [0.2, 0.25) is 0 Å². The molecule has 90 valence electrons. The van der Waals surface area contributed by atoms with E-state index in [1.807, 2.05) is 11.3 Å². The van der Waals surface area contributed by atoms with E-state index >= 15 is 0 Å². The molecule has 0 amide bonds. The Kier molecular flexibility index (Phi) is 4.42. The van der Waals surface area contributed by atoms with Gasteiger partial charge in [-0.15, -0.1) is 11.3 Å². The lowest BCUT2D eigenvalue weighted by Crippen LogP contribution is -2.27. The Labute approximate surface area is 103 Å². The highest BCUT2D eigenvalue weighted by Gasteiger charge is 2.32. The number of thiophene rings is 1. The van der Waals surface area contributed by atoms with Crippen molar-refractivity contribution in [3.8, 4) is 0 Å². The summed E-state index contributed by atoms with van der Waals surface area (Å²) in [4.78, 5) is 1.54. The Balaban J connectivity index is 1.89. The predicted octanol–water partition coefficient (Wildman–Crippen LogP) is 4.23. The lowest BCUT2D eigenvalue weighted by molar-refractivity contribution is 0.394. The van der Waals surface area contributed by atoms with Crippen LogP contribution in [0.5, 0.6) is 0 Å². The Hall–Kier alpha value is -0.340. The maximum absolute atomic E-state index is 3.80. The second-order valence-corrected chi connectivity index (χ2v) is 5.90. The molecule has 2 heteroatoms. The van der Waals surface area contributed by atoms with Gasteiger partial charge in [-0.25, -0.2) is 0 Å². The first-order chi connectivity index (χ1) is 7.85. The normalized spacial score (nSPS) is 17.9. The Morgan fingerprint density at radius 2 is 2.12 bits per heavy atom. The molecule has 0 radical (unpaired) electrons. The molecule has 1 nitrogen and oxygen atoms in total. The van der Waals surface area contributed by atoms with Crippen molar-refractivity contribution in [2.45, 2.75) is 45.6 Å². The molecule has 1 aromatic heterocycles. The monoisotopic (exact) mass is 237 g/mol. The van der Waals surface area contributed by atoms with Crippen LogP contribution in [-0.4, -0.2) is 6.54 Å². The Bertz CT molecular complexity index is 286. The van der Waals surface area contributed by atoms with E-state index in [0.717, 1.165) is 11.8 Å². The lowest BCUT2D eigenvalue weighted by Gasteiger charge is -2.20. The van der Waals surface area contributed by atoms with Crippen molar-refractivity contribution in [2.75, 3.05) is 6.54 Å². The van der Waals surface area contributed by atoms with Gasteiger partial charge in [0.15, 0.2) is 0 Å². The third-order valence-corrected chi connectivity index (χ3v) is 4.68. The van der Waals surface area contributed by atoms with E-state index in [9.17, 15) is 0 Å².